The zero-order chi connectivity index (χ0) is 19.4. The van der Waals surface area contributed by atoms with Crippen molar-refractivity contribution in [1.29, 1.82) is 0 Å². The molecule has 0 radical (unpaired) electrons. The largest absolute Gasteiger partial charge is 0.494 e. The minimum absolute atomic E-state index is 0.0171. The maximum Gasteiger partial charge on any atom is 0.267 e. The number of nitrogens with zero attached hydrogens (tertiary/aromatic N) is 1. The number of benzene rings is 2. The molecule has 0 aliphatic heterocycles. The highest BCUT2D eigenvalue weighted by Gasteiger charge is 2.19. The third-order valence-corrected chi connectivity index (χ3v) is 4.84. The molecule has 5 nitrogen and oxygen atoms in total. The van der Waals surface area contributed by atoms with E-state index in [4.69, 9.17) is 16.3 Å². The molecule has 0 saturated heterocycles. The van der Waals surface area contributed by atoms with Crippen LogP contribution in [0.15, 0.2) is 48.5 Å². The van der Waals surface area contributed by atoms with E-state index in [0.717, 1.165) is 22.2 Å². The molecule has 142 valence electrons. The van der Waals surface area contributed by atoms with Gasteiger partial charge in [0.2, 0.25) is 0 Å². The van der Waals surface area contributed by atoms with E-state index in [9.17, 15) is 4.79 Å². The van der Waals surface area contributed by atoms with Gasteiger partial charge in [-0.1, -0.05) is 29.8 Å². The number of halogens is 1. The summed E-state index contributed by atoms with van der Waals surface area (Å²) in [4.78, 5) is 17.9. The lowest BCUT2D eigenvalue weighted by Crippen LogP contribution is -2.34. The van der Waals surface area contributed by atoms with Gasteiger partial charge in [0, 0.05) is 28.5 Å². The van der Waals surface area contributed by atoms with Gasteiger partial charge >= 0.3 is 0 Å². The van der Waals surface area contributed by atoms with Crippen molar-refractivity contribution >= 4 is 28.4 Å². The maximum atomic E-state index is 12.6. The number of ether oxygens (including phenoxy) is 1. The van der Waals surface area contributed by atoms with E-state index in [1.54, 1.807) is 0 Å². The summed E-state index contributed by atoms with van der Waals surface area (Å²) in [6, 6.07) is 15.3. The molecule has 27 heavy (non-hydrogen) atoms. The minimum atomic E-state index is -0.150. The van der Waals surface area contributed by atoms with Gasteiger partial charge in [0.25, 0.3) is 5.91 Å². The topological polar surface area (TPSA) is 57.4 Å². The normalized spacial score (nSPS) is 12.3. The Morgan fingerprint density at radius 2 is 2.00 bits per heavy atom. The number of amides is 1. The molecule has 0 saturated carbocycles. The van der Waals surface area contributed by atoms with Crippen molar-refractivity contribution in [3.05, 3.63) is 64.8 Å². The zero-order valence-corrected chi connectivity index (χ0v) is 16.5. The lowest BCUT2D eigenvalue weighted by atomic mass is 10.1. The van der Waals surface area contributed by atoms with Crippen LogP contribution in [0.2, 0.25) is 5.02 Å². The number of fused-ring (bicyclic) bond motifs is 1. The van der Waals surface area contributed by atoms with Gasteiger partial charge in [-0.3, -0.25) is 4.79 Å². The second-order valence-corrected chi connectivity index (χ2v) is 6.98. The second kappa shape index (κ2) is 8.46. The fourth-order valence-corrected chi connectivity index (χ4v) is 3.35. The van der Waals surface area contributed by atoms with Crippen LogP contribution in [0, 0.1) is 0 Å². The highest BCUT2D eigenvalue weighted by Crippen LogP contribution is 2.26. The highest BCUT2D eigenvalue weighted by atomic mass is 35.5. The second-order valence-electron chi connectivity index (χ2n) is 6.58. The molecule has 1 aromatic heterocycles. The molecular formula is C21H24ClN3O2. The Hall–Kier alpha value is -2.50. The van der Waals surface area contributed by atoms with Crippen LogP contribution in [-0.4, -0.2) is 43.0 Å². The quantitative estimate of drug-likeness (QED) is 0.639. The summed E-state index contributed by atoms with van der Waals surface area (Å²) in [5.74, 6) is 0.633. The van der Waals surface area contributed by atoms with E-state index in [2.05, 4.69) is 10.3 Å². The van der Waals surface area contributed by atoms with E-state index in [0.29, 0.717) is 23.9 Å². The van der Waals surface area contributed by atoms with Crippen molar-refractivity contribution < 1.29 is 9.53 Å². The summed E-state index contributed by atoms with van der Waals surface area (Å²) in [7, 11) is 3.94. The van der Waals surface area contributed by atoms with E-state index < -0.39 is 0 Å². The van der Waals surface area contributed by atoms with Gasteiger partial charge < -0.3 is 19.9 Å². The van der Waals surface area contributed by atoms with E-state index in [-0.39, 0.29) is 11.9 Å². The molecule has 1 amide bonds. The summed E-state index contributed by atoms with van der Waals surface area (Å²) < 4.78 is 5.51. The van der Waals surface area contributed by atoms with Gasteiger partial charge in [0.05, 0.1) is 12.6 Å². The summed E-state index contributed by atoms with van der Waals surface area (Å²) in [5, 5.41) is 4.67. The predicted molar refractivity (Wildman–Crippen MR) is 110 cm³/mol. The Bertz CT molecular complexity index is 936. The van der Waals surface area contributed by atoms with Crippen molar-refractivity contribution in [2.45, 2.75) is 13.0 Å². The standard InChI is InChI=1S/C21H24ClN3O2/c1-4-27-15-10-9-14-11-19(24-18(14)12-15)21(26)23-13-20(25(2)3)16-7-5-6-8-17(16)22/h5-12,20,24H,4,13H2,1-3H3,(H,23,26). The molecule has 1 heterocycles. The average molecular weight is 386 g/mol. The Balaban J connectivity index is 1.74. The van der Waals surface area contributed by atoms with Crippen LogP contribution in [0.4, 0.5) is 0 Å². The molecule has 3 rings (SSSR count). The Labute approximate surface area is 164 Å². The smallest absolute Gasteiger partial charge is 0.267 e. The van der Waals surface area contributed by atoms with Gasteiger partial charge in [-0.05, 0) is 50.8 Å². The number of aromatic amines is 1. The van der Waals surface area contributed by atoms with Crippen molar-refractivity contribution in [3.63, 3.8) is 0 Å². The minimum Gasteiger partial charge on any atom is -0.494 e. The van der Waals surface area contributed by atoms with Gasteiger partial charge in [0.1, 0.15) is 11.4 Å². The number of hydrogen-bond donors (Lipinski definition) is 2. The van der Waals surface area contributed by atoms with Crippen LogP contribution < -0.4 is 10.1 Å². The van der Waals surface area contributed by atoms with E-state index in [1.165, 1.54) is 0 Å². The first-order valence-electron chi connectivity index (χ1n) is 8.94. The van der Waals surface area contributed by atoms with Crippen molar-refractivity contribution in [2.75, 3.05) is 27.2 Å². The van der Waals surface area contributed by atoms with Crippen LogP contribution in [0.3, 0.4) is 0 Å². The molecule has 1 unspecified atom stereocenters. The number of likely N-dealkylation sites (N-methyl/N-ethyl adjacent to an activating group) is 1. The summed E-state index contributed by atoms with van der Waals surface area (Å²) in [6.45, 7) is 3.00. The van der Waals surface area contributed by atoms with Crippen LogP contribution in [0.1, 0.15) is 29.0 Å². The summed E-state index contributed by atoms with van der Waals surface area (Å²) >= 11 is 6.33. The third kappa shape index (κ3) is 4.43. The molecule has 0 bridgehead atoms. The van der Waals surface area contributed by atoms with Crippen LogP contribution in [-0.2, 0) is 0 Å². The van der Waals surface area contributed by atoms with E-state index >= 15 is 0 Å². The monoisotopic (exact) mass is 385 g/mol. The maximum absolute atomic E-state index is 12.6. The molecule has 1 atom stereocenters. The lowest BCUT2D eigenvalue weighted by Gasteiger charge is -2.25. The fourth-order valence-electron chi connectivity index (χ4n) is 3.09. The van der Waals surface area contributed by atoms with Crippen molar-refractivity contribution in [1.82, 2.24) is 15.2 Å². The lowest BCUT2D eigenvalue weighted by molar-refractivity contribution is 0.0937. The first-order valence-corrected chi connectivity index (χ1v) is 9.32. The first kappa shape index (κ1) is 19.3. The van der Waals surface area contributed by atoms with Gasteiger partial charge in [0.15, 0.2) is 0 Å². The predicted octanol–water partition coefficient (Wildman–Crippen LogP) is 4.25. The summed E-state index contributed by atoms with van der Waals surface area (Å²) in [6.07, 6.45) is 0. The van der Waals surface area contributed by atoms with Crippen LogP contribution in [0.5, 0.6) is 5.75 Å². The zero-order valence-electron chi connectivity index (χ0n) is 15.8. The number of rotatable bonds is 7. The van der Waals surface area contributed by atoms with Crippen LogP contribution >= 0.6 is 11.6 Å². The molecular weight excluding hydrogens is 362 g/mol. The number of aromatic nitrogens is 1. The summed E-state index contributed by atoms with van der Waals surface area (Å²) in [5.41, 5.74) is 2.39. The van der Waals surface area contributed by atoms with Crippen LogP contribution in [0.25, 0.3) is 10.9 Å². The molecule has 2 N–H and O–H groups in total. The molecule has 0 aliphatic carbocycles. The van der Waals surface area contributed by atoms with Gasteiger partial charge in [-0.2, -0.15) is 0 Å². The van der Waals surface area contributed by atoms with Crippen molar-refractivity contribution in [3.8, 4) is 5.75 Å². The number of carbonyl (C=O) groups excluding carboxylic acids is 1. The Kier molecular flexibility index (Phi) is 6.04. The Morgan fingerprint density at radius 1 is 1.22 bits per heavy atom. The number of nitrogens with one attached hydrogen (secondary N) is 2. The highest BCUT2D eigenvalue weighted by molar-refractivity contribution is 6.31. The SMILES string of the molecule is CCOc1ccc2cc(C(=O)NCC(c3ccccc3Cl)N(C)C)[nH]c2c1. The van der Waals surface area contributed by atoms with E-state index in [1.807, 2.05) is 74.4 Å². The molecule has 3 aromatic rings. The number of carbonyl (C=O) groups is 1. The van der Waals surface area contributed by atoms with Crippen molar-refractivity contribution in [2.24, 2.45) is 0 Å². The average Bonchev–Trinajstić information content (AvgIpc) is 3.06. The van der Waals surface area contributed by atoms with Gasteiger partial charge in [-0.25, -0.2) is 0 Å². The first-order chi connectivity index (χ1) is 13.0. The van der Waals surface area contributed by atoms with Gasteiger partial charge in [-0.15, -0.1) is 0 Å². The Morgan fingerprint density at radius 3 is 2.70 bits per heavy atom. The molecule has 2 aromatic carbocycles. The molecule has 0 aliphatic rings. The third-order valence-electron chi connectivity index (χ3n) is 4.49. The number of hydrogen-bond acceptors (Lipinski definition) is 3. The molecule has 0 fully saturated rings. The molecule has 6 heteroatoms. The number of H-pyrrole nitrogens is 1. The fraction of sp³-hybridized carbons (Fsp3) is 0.286. The molecule has 0 spiro atoms.